The number of rotatable bonds is 10. The zero-order valence-electron chi connectivity index (χ0n) is 30.9. The van der Waals surface area contributed by atoms with Crippen LogP contribution in [0, 0.1) is 0 Å². The lowest BCUT2D eigenvalue weighted by Gasteiger charge is -2.09. The molecule has 8 aromatic rings. The number of ether oxygens (including phenoxy) is 4. The molecule has 0 aliphatic heterocycles. The van der Waals surface area contributed by atoms with Gasteiger partial charge in [-0.1, -0.05) is 72.8 Å². The van der Waals surface area contributed by atoms with Gasteiger partial charge in [0.05, 0.1) is 0 Å². The van der Waals surface area contributed by atoms with Gasteiger partial charge in [0.25, 0.3) is 0 Å². The lowest BCUT2D eigenvalue weighted by Crippen LogP contribution is -1.88. The molecular formula is C48H42N4O5. The third kappa shape index (κ3) is 11.1. The summed E-state index contributed by atoms with van der Waals surface area (Å²) < 4.78 is 23.3. The molecule has 0 heterocycles. The number of hydrogen-bond acceptors (Lipinski definition) is 8. The molecule has 0 atom stereocenters. The average Bonchev–Trinajstić information content (AvgIpc) is 3.20. The van der Waals surface area contributed by atoms with Gasteiger partial charge < -0.3 is 47.4 Å². The average molecular weight is 755 g/mol. The lowest BCUT2D eigenvalue weighted by molar-refractivity contribution is 0.482. The molecule has 8 aromatic carbocycles. The first kappa shape index (κ1) is 38.8. The summed E-state index contributed by atoms with van der Waals surface area (Å²) in [5, 5.41) is 0. The Kier molecular flexibility index (Phi) is 12.6. The van der Waals surface area contributed by atoms with Crippen LogP contribution in [0.25, 0.3) is 22.3 Å². The van der Waals surface area contributed by atoms with Crippen molar-refractivity contribution in [3.05, 3.63) is 194 Å². The molecular weight excluding hydrogens is 713 g/mol. The molecule has 0 aromatic heterocycles. The fraction of sp³-hybridized carbons (Fsp3) is 0. The van der Waals surface area contributed by atoms with Crippen molar-refractivity contribution < 1.29 is 24.4 Å². The van der Waals surface area contributed by atoms with Gasteiger partial charge >= 0.3 is 0 Å². The molecule has 0 fully saturated rings. The van der Waals surface area contributed by atoms with Crippen molar-refractivity contribution in [1.82, 2.24) is 0 Å². The smallest absolute Gasteiger partial charge is 0.129 e. The Morgan fingerprint density at radius 1 is 0.228 bits per heavy atom. The summed E-state index contributed by atoms with van der Waals surface area (Å²) in [7, 11) is 0. The molecule has 57 heavy (non-hydrogen) atoms. The van der Waals surface area contributed by atoms with Gasteiger partial charge in [0.1, 0.15) is 46.0 Å². The molecule has 284 valence electrons. The summed E-state index contributed by atoms with van der Waals surface area (Å²) in [6.45, 7) is 0. The minimum atomic E-state index is 0. The van der Waals surface area contributed by atoms with E-state index in [4.69, 9.17) is 41.9 Å². The quantitative estimate of drug-likeness (QED) is 0.0998. The Labute approximate surface area is 331 Å². The van der Waals surface area contributed by atoms with E-state index in [-0.39, 0.29) is 5.48 Å². The van der Waals surface area contributed by atoms with Gasteiger partial charge in [0, 0.05) is 47.0 Å². The molecule has 0 bridgehead atoms. The van der Waals surface area contributed by atoms with Gasteiger partial charge in [-0.05, 0) is 119 Å². The standard InChI is InChI=1S/2C24H20N2O2.H2O/c2*25-19-3-1-5-23(15-19)27-21-11-7-17(8-12-21)18-9-13-22(14-10-18)28-24-6-2-4-20(26)16-24;/h2*1-16H,25-26H2;1H2. The molecule has 0 aliphatic carbocycles. The van der Waals surface area contributed by atoms with Crippen molar-refractivity contribution in [2.45, 2.75) is 0 Å². The largest absolute Gasteiger partial charge is 0.457 e. The fourth-order valence-electron chi connectivity index (χ4n) is 5.72. The van der Waals surface area contributed by atoms with Crippen molar-refractivity contribution in [3.8, 4) is 68.2 Å². The van der Waals surface area contributed by atoms with Crippen LogP contribution in [-0.4, -0.2) is 5.48 Å². The minimum Gasteiger partial charge on any atom is -0.457 e. The molecule has 0 amide bonds. The topological polar surface area (TPSA) is 172 Å². The van der Waals surface area contributed by atoms with E-state index < -0.39 is 0 Å². The number of hydrogen-bond donors (Lipinski definition) is 4. The van der Waals surface area contributed by atoms with E-state index in [2.05, 4.69) is 0 Å². The molecule has 9 nitrogen and oxygen atoms in total. The zero-order chi connectivity index (χ0) is 38.7. The zero-order valence-corrected chi connectivity index (χ0v) is 30.9. The molecule has 10 N–H and O–H groups in total. The number of anilines is 4. The van der Waals surface area contributed by atoms with E-state index in [0.717, 1.165) is 68.2 Å². The van der Waals surface area contributed by atoms with Gasteiger partial charge in [0.2, 0.25) is 0 Å². The van der Waals surface area contributed by atoms with E-state index in [1.807, 2.05) is 170 Å². The second kappa shape index (κ2) is 18.4. The van der Waals surface area contributed by atoms with Crippen LogP contribution in [-0.2, 0) is 0 Å². The summed E-state index contributed by atoms with van der Waals surface area (Å²) in [6, 6.07) is 61.2. The van der Waals surface area contributed by atoms with Crippen LogP contribution < -0.4 is 41.9 Å². The highest BCUT2D eigenvalue weighted by Gasteiger charge is 2.05. The SMILES string of the molecule is Nc1cccc(Oc2ccc(-c3ccc(Oc4cccc(N)c4)cc3)cc2)c1.Nc1cccc(Oc2ccc(-c3ccc(Oc4cccc(N)c4)cc3)cc2)c1.O. The number of nitrogens with two attached hydrogens (primary N) is 4. The molecule has 9 heteroatoms. The van der Waals surface area contributed by atoms with Crippen LogP contribution >= 0.6 is 0 Å². The lowest BCUT2D eigenvalue weighted by atomic mass is 10.1. The maximum Gasteiger partial charge on any atom is 0.129 e. The molecule has 0 aliphatic rings. The van der Waals surface area contributed by atoms with Crippen molar-refractivity contribution in [1.29, 1.82) is 0 Å². The summed E-state index contributed by atoms with van der Waals surface area (Å²) in [5.41, 5.74) is 30.2. The maximum absolute atomic E-state index is 5.83. The molecule has 0 spiro atoms. The minimum absolute atomic E-state index is 0. The van der Waals surface area contributed by atoms with Crippen LogP contribution in [0.5, 0.6) is 46.0 Å². The van der Waals surface area contributed by atoms with Gasteiger partial charge in [-0.2, -0.15) is 0 Å². The van der Waals surface area contributed by atoms with Gasteiger partial charge in [-0.15, -0.1) is 0 Å². The van der Waals surface area contributed by atoms with Crippen LogP contribution in [0.4, 0.5) is 22.7 Å². The fourth-order valence-corrected chi connectivity index (χ4v) is 5.72. The predicted octanol–water partition coefficient (Wildman–Crippen LogP) is 11.4. The van der Waals surface area contributed by atoms with Crippen molar-refractivity contribution in [2.24, 2.45) is 0 Å². The highest BCUT2D eigenvalue weighted by atomic mass is 16.5. The van der Waals surface area contributed by atoms with Crippen LogP contribution in [0.2, 0.25) is 0 Å². The third-order valence-electron chi connectivity index (χ3n) is 8.46. The molecule has 8 rings (SSSR count). The van der Waals surface area contributed by atoms with E-state index in [0.29, 0.717) is 22.7 Å². The Morgan fingerprint density at radius 3 is 0.596 bits per heavy atom. The summed E-state index contributed by atoms with van der Waals surface area (Å²) in [4.78, 5) is 0. The van der Waals surface area contributed by atoms with E-state index in [1.54, 1.807) is 24.3 Å². The molecule has 0 radical (unpaired) electrons. The Balaban J connectivity index is 0.000000189. The summed E-state index contributed by atoms with van der Waals surface area (Å²) in [5.74, 6) is 5.91. The number of nitrogen functional groups attached to an aromatic ring is 4. The van der Waals surface area contributed by atoms with E-state index >= 15 is 0 Å². The van der Waals surface area contributed by atoms with Gasteiger partial charge in [0.15, 0.2) is 0 Å². The highest BCUT2D eigenvalue weighted by molar-refractivity contribution is 5.66. The van der Waals surface area contributed by atoms with Gasteiger partial charge in [-0.3, -0.25) is 0 Å². The van der Waals surface area contributed by atoms with E-state index in [9.17, 15) is 0 Å². The first-order chi connectivity index (χ1) is 27.3. The first-order valence-electron chi connectivity index (χ1n) is 17.9. The Hall–Kier alpha value is -7.88. The first-order valence-corrected chi connectivity index (χ1v) is 17.9. The van der Waals surface area contributed by atoms with Crippen molar-refractivity contribution in [3.63, 3.8) is 0 Å². The summed E-state index contributed by atoms with van der Waals surface area (Å²) >= 11 is 0. The normalized spacial score (nSPS) is 10.2. The maximum atomic E-state index is 5.83. The Bertz CT molecular complexity index is 2150. The number of benzene rings is 8. The summed E-state index contributed by atoms with van der Waals surface area (Å²) in [6.07, 6.45) is 0. The van der Waals surface area contributed by atoms with E-state index in [1.165, 1.54) is 0 Å². The van der Waals surface area contributed by atoms with Gasteiger partial charge in [-0.25, -0.2) is 0 Å². The van der Waals surface area contributed by atoms with Crippen molar-refractivity contribution in [2.75, 3.05) is 22.9 Å². The molecule has 0 saturated carbocycles. The van der Waals surface area contributed by atoms with Crippen molar-refractivity contribution >= 4 is 22.7 Å². The second-order valence-corrected chi connectivity index (χ2v) is 12.8. The second-order valence-electron chi connectivity index (χ2n) is 12.8. The van der Waals surface area contributed by atoms with Crippen LogP contribution in [0.3, 0.4) is 0 Å². The third-order valence-corrected chi connectivity index (χ3v) is 8.46. The predicted molar refractivity (Wildman–Crippen MR) is 231 cm³/mol. The Morgan fingerprint density at radius 2 is 0.421 bits per heavy atom. The molecule has 0 saturated heterocycles. The van der Waals surface area contributed by atoms with Crippen LogP contribution in [0.15, 0.2) is 194 Å². The van der Waals surface area contributed by atoms with Crippen LogP contribution in [0.1, 0.15) is 0 Å². The molecule has 0 unspecified atom stereocenters. The highest BCUT2D eigenvalue weighted by Crippen LogP contribution is 2.31. The monoisotopic (exact) mass is 754 g/mol.